The number of halogens is 1. The monoisotopic (exact) mass is 381 g/mol. The zero-order valence-electron chi connectivity index (χ0n) is 15.4. The van der Waals surface area contributed by atoms with Gasteiger partial charge in [0, 0.05) is 6.07 Å². The summed E-state index contributed by atoms with van der Waals surface area (Å²) in [6.07, 6.45) is 0. The molecule has 0 heterocycles. The summed E-state index contributed by atoms with van der Waals surface area (Å²) in [4.78, 5) is 23.8. The van der Waals surface area contributed by atoms with Gasteiger partial charge >= 0.3 is 5.97 Å². The minimum Gasteiger partial charge on any atom is -0.482 e. The molecule has 0 saturated carbocycles. The van der Waals surface area contributed by atoms with Gasteiger partial charge in [0.15, 0.2) is 13.2 Å². The Bertz CT molecular complexity index is 984. The fourth-order valence-corrected chi connectivity index (χ4v) is 2.88. The van der Waals surface area contributed by atoms with E-state index < -0.39 is 30.9 Å². The van der Waals surface area contributed by atoms with Gasteiger partial charge in [0.2, 0.25) is 0 Å². The Balaban J connectivity index is 1.49. The Kier molecular flexibility index (Phi) is 6.22. The molecule has 0 radical (unpaired) electrons. The van der Waals surface area contributed by atoms with E-state index in [0.717, 1.165) is 22.4 Å². The van der Waals surface area contributed by atoms with E-state index in [0.29, 0.717) is 0 Å². The second-order valence-electron chi connectivity index (χ2n) is 6.26. The molecule has 0 aromatic heterocycles. The molecule has 0 saturated heterocycles. The minimum atomic E-state index is -0.711. The summed E-state index contributed by atoms with van der Waals surface area (Å²) < 4.78 is 23.1. The SMILES string of the molecule is C[C@@H](NC(=O)COC(=O)COc1cccc(F)c1)c1cccc2ccccc12. The molecular weight excluding hydrogens is 361 g/mol. The van der Waals surface area contributed by atoms with Gasteiger partial charge in [-0.05, 0) is 35.4 Å². The smallest absolute Gasteiger partial charge is 0.344 e. The summed E-state index contributed by atoms with van der Waals surface area (Å²) in [6.45, 7) is 1.05. The first kappa shape index (κ1) is 19.4. The molecular formula is C22H20FNO4. The van der Waals surface area contributed by atoms with Crippen LogP contribution in [0.2, 0.25) is 0 Å². The van der Waals surface area contributed by atoms with Crippen LogP contribution in [0, 0.1) is 5.82 Å². The lowest BCUT2D eigenvalue weighted by Gasteiger charge is -2.16. The lowest BCUT2D eigenvalue weighted by molar-refractivity contribution is -0.150. The van der Waals surface area contributed by atoms with E-state index in [4.69, 9.17) is 9.47 Å². The number of rotatable bonds is 7. The molecule has 0 fully saturated rings. The van der Waals surface area contributed by atoms with Crippen molar-refractivity contribution in [2.24, 2.45) is 0 Å². The van der Waals surface area contributed by atoms with E-state index in [1.807, 2.05) is 49.4 Å². The number of esters is 1. The van der Waals surface area contributed by atoms with Gasteiger partial charge in [0.1, 0.15) is 11.6 Å². The molecule has 0 unspecified atom stereocenters. The summed E-state index contributed by atoms with van der Waals surface area (Å²) in [5, 5.41) is 4.96. The third-order valence-corrected chi connectivity index (χ3v) is 4.18. The van der Waals surface area contributed by atoms with E-state index in [2.05, 4.69) is 5.32 Å². The van der Waals surface area contributed by atoms with Crippen molar-refractivity contribution in [2.45, 2.75) is 13.0 Å². The van der Waals surface area contributed by atoms with Crippen molar-refractivity contribution in [3.05, 3.63) is 78.1 Å². The Morgan fingerprint density at radius 2 is 1.75 bits per heavy atom. The zero-order chi connectivity index (χ0) is 19.9. The molecule has 1 atom stereocenters. The Morgan fingerprint density at radius 3 is 2.57 bits per heavy atom. The molecule has 3 aromatic carbocycles. The van der Waals surface area contributed by atoms with E-state index in [-0.39, 0.29) is 11.8 Å². The second kappa shape index (κ2) is 8.99. The number of carbonyl (C=O) groups excluding carboxylic acids is 2. The predicted octanol–water partition coefficient (Wildman–Crippen LogP) is 3.78. The molecule has 0 spiro atoms. The molecule has 28 heavy (non-hydrogen) atoms. The first-order valence-electron chi connectivity index (χ1n) is 8.84. The summed E-state index contributed by atoms with van der Waals surface area (Å²) in [7, 11) is 0. The van der Waals surface area contributed by atoms with E-state index >= 15 is 0 Å². The largest absolute Gasteiger partial charge is 0.482 e. The molecule has 0 aliphatic heterocycles. The van der Waals surface area contributed by atoms with Crippen LogP contribution in [0.1, 0.15) is 18.5 Å². The van der Waals surface area contributed by atoms with Gasteiger partial charge in [0.05, 0.1) is 6.04 Å². The van der Waals surface area contributed by atoms with Gasteiger partial charge in [-0.2, -0.15) is 0 Å². The van der Waals surface area contributed by atoms with Crippen LogP contribution in [0.25, 0.3) is 10.8 Å². The third kappa shape index (κ3) is 5.07. The molecule has 3 rings (SSSR count). The quantitative estimate of drug-likeness (QED) is 0.633. The molecule has 144 valence electrons. The summed E-state index contributed by atoms with van der Waals surface area (Å²) in [5.41, 5.74) is 0.979. The average Bonchev–Trinajstić information content (AvgIpc) is 2.70. The third-order valence-electron chi connectivity index (χ3n) is 4.18. The topological polar surface area (TPSA) is 64.6 Å². The van der Waals surface area contributed by atoms with Gasteiger partial charge in [-0.15, -0.1) is 0 Å². The maximum Gasteiger partial charge on any atom is 0.344 e. The van der Waals surface area contributed by atoms with Crippen LogP contribution in [0.5, 0.6) is 5.75 Å². The summed E-state index contributed by atoms with van der Waals surface area (Å²) >= 11 is 0. The van der Waals surface area contributed by atoms with Crippen molar-refractivity contribution in [3.63, 3.8) is 0 Å². The predicted molar refractivity (Wildman–Crippen MR) is 103 cm³/mol. The Hall–Kier alpha value is -3.41. The van der Waals surface area contributed by atoms with Crippen molar-refractivity contribution in [3.8, 4) is 5.75 Å². The highest BCUT2D eigenvalue weighted by molar-refractivity contribution is 5.87. The van der Waals surface area contributed by atoms with Crippen LogP contribution >= 0.6 is 0 Å². The van der Waals surface area contributed by atoms with Gasteiger partial charge in [-0.25, -0.2) is 9.18 Å². The van der Waals surface area contributed by atoms with Crippen LogP contribution in [-0.4, -0.2) is 25.1 Å². The van der Waals surface area contributed by atoms with Crippen LogP contribution in [0.3, 0.4) is 0 Å². The van der Waals surface area contributed by atoms with Gasteiger partial charge in [-0.3, -0.25) is 4.79 Å². The molecule has 5 nitrogen and oxygen atoms in total. The number of fused-ring (bicyclic) bond motifs is 1. The van der Waals surface area contributed by atoms with Crippen LogP contribution in [-0.2, 0) is 14.3 Å². The standard InChI is InChI=1S/C22H20FNO4/c1-15(19-11-4-7-16-6-2-3-10-20(16)19)24-21(25)13-28-22(26)14-27-18-9-5-8-17(23)12-18/h2-12,15H,13-14H2,1H3,(H,24,25)/t15-/m1/s1. The first-order chi connectivity index (χ1) is 13.5. The van der Waals surface area contributed by atoms with Crippen LogP contribution in [0.15, 0.2) is 66.7 Å². The van der Waals surface area contributed by atoms with E-state index in [9.17, 15) is 14.0 Å². The first-order valence-corrected chi connectivity index (χ1v) is 8.84. The number of amides is 1. The highest BCUT2D eigenvalue weighted by Gasteiger charge is 2.14. The fourth-order valence-electron chi connectivity index (χ4n) is 2.88. The van der Waals surface area contributed by atoms with Gasteiger partial charge < -0.3 is 14.8 Å². The zero-order valence-corrected chi connectivity index (χ0v) is 15.4. The molecule has 0 bridgehead atoms. The lowest BCUT2D eigenvalue weighted by atomic mass is 10.00. The van der Waals surface area contributed by atoms with Crippen molar-refractivity contribution in [1.29, 1.82) is 0 Å². The fraction of sp³-hybridized carbons (Fsp3) is 0.182. The number of nitrogens with one attached hydrogen (secondary N) is 1. The summed E-state index contributed by atoms with van der Waals surface area (Å²) in [5.74, 6) is -1.38. The second-order valence-corrected chi connectivity index (χ2v) is 6.26. The number of hydrogen-bond acceptors (Lipinski definition) is 4. The normalized spacial score (nSPS) is 11.6. The number of hydrogen-bond donors (Lipinski definition) is 1. The Morgan fingerprint density at radius 1 is 1.00 bits per heavy atom. The highest BCUT2D eigenvalue weighted by Crippen LogP contribution is 2.23. The van der Waals surface area contributed by atoms with Crippen LogP contribution in [0.4, 0.5) is 4.39 Å². The molecule has 1 amide bonds. The molecule has 0 aliphatic rings. The molecule has 0 aliphatic carbocycles. The molecule has 6 heteroatoms. The highest BCUT2D eigenvalue weighted by atomic mass is 19.1. The molecule has 3 aromatic rings. The maximum absolute atomic E-state index is 13.1. The molecule has 1 N–H and O–H groups in total. The van der Waals surface area contributed by atoms with Gasteiger partial charge in [-0.1, -0.05) is 48.5 Å². The van der Waals surface area contributed by atoms with Gasteiger partial charge in [0.25, 0.3) is 5.91 Å². The van der Waals surface area contributed by atoms with Crippen molar-refractivity contribution in [1.82, 2.24) is 5.32 Å². The average molecular weight is 381 g/mol. The summed E-state index contributed by atoms with van der Waals surface area (Å²) in [6, 6.07) is 19.0. The van der Waals surface area contributed by atoms with Crippen LogP contribution < -0.4 is 10.1 Å². The van der Waals surface area contributed by atoms with Crippen molar-refractivity contribution in [2.75, 3.05) is 13.2 Å². The maximum atomic E-state index is 13.1. The van der Waals surface area contributed by atoms with E-state index in [1.165, 1.54) is 18.2 Å². The number of ether oxygens (including phenoxy) is 2. The van der Waals surface area contributed by atoms with E-state index in [1.54, 1.807) is 0 Å². The number of carbonyl (C=O) groups is 2. The van der Waals surface area contributed by atoms with Crippen molar-refractivity contribution < 1.29 is 23.5 Å². The van der Waals surface area contributed by atoms with Crippen molar-refractivity contribution >= 4 is 22.6 Å². The Labute approximate surface area is 162 Å². The number of benzene rings is 3. The minimum absolute atomic E-state index is 0.214. The lowest BCUT2D eigenvalue weighted by Crippen LogP contribution is -2.32.